The number of amides is 2. The van der Waals surface area contributed by atoms with Gasteiger partial charge >= 0.3 is 0 Å². The van der Waals surface area contributed by atoms with E-state index in [2.05, 4.69) is 5.32 Å². The predicted octanol–water partition coefficient (Wildman–Crippen LogP) is 3.49. The molecule has 0 fully saturated rings. The van der Waals surface area contributed by atoms with Crippen LogP contribution in [-0.4, -0.2) is 29.3 Å². The highest BCUT2D eigenvalue weighted by molar-refractivity contribution is 6.30. The fourth-order valence-corrected chi connectivity index (χ4v) is 2.24. The Bertz CT molecular complexity index is 526. The molecule has 5 heteroatoms. The van der Waals surface area contributed by atoms with Crippen molar-refractivity contribution < 1.29 is 9.59 Å². The van der Waals surface area contributed by atoms with Gasteiger partial charge in [0, 0.05) is 24.0 Å². The standard InChI is InChI=1S/C18H27ClN2O2/c1-12(2)10-20-17(22)14(5)21(18(23)13(3)4)11-15-6-8-16(19)9-7-15/h6-9,12-14H,10-11H2,1-5H3,(H,20,22)/t14-/m1/s1. The van der Waals surface area contributed by atoms with Gasteiger partial charge in [-0.2, -0.15) is 0 Å². The Labute approximate surface area is 144 Å². The van der Waals surface area contributed by atoms with Gasteiger partial charge in [0.05, 0.1) is 0 Å². The molecule has 0 aliphatic rings. The summed E-state index contributed by atoms with van der Waals surface area (Å²) in [6.07, 6.45) is 0. The maximum atomic E-state index is 12.5. The smallest absolute Gasteiger partial charge is 0.242 e. The summed E-state index contributed by atoms with van der Waals surface area (Å²) in [5, 5.41) is 3.55. The second-order valence-electron chi connectivity index (χ2n) is 6.56. The first-order chi connectivity index (χ1) is 10.7. The van der Waals surface area contributed by atoms with Crippen molar-refractivity contribution in [2.24, 2.45) is 11.8 Å². The first-order valence-electron chi connectivity index (χ1n) is 8.05. The molecule has 1 rings (SSSR count). The van der Waals surface area contributed by atoms with Crippen molar-refractivity contribution in [3.8, 4) is 0 Å². The van der Waals surface area contributed by atoms with E-state index < -0.39 is 6.04 Å². The van der Waals surface area contributed by atoms with Gasteiger partial charge < -0.3 is 10.2 Å². The van der Waals surface area contributed by atoms with E-state index >= 15 is 0 Å². The normalized spacial score (nSPS) is 12.3. The summed E-state index contributed by atoms with van der Waals surface area (Å²) in [5.41, 5.74) is 0.951. The van der Waals surface area contributed by atoms with Gasteiger partial charge in [0.2, 0.25) is 11.8 Å². The zero-order chi connectivity index (χ0) is 17.6. The lowest BCUT2D eigenvalue weighted by Gasteiger charge is -2.30. The maximum absolute atomic E-state index is 12.5. The lowest BCUT2D eigenvalue weighted by molar-refractivity contribution is -0.143. The van der Waals surface area contributed by atoms with Gasteiger partial charge in [-0.25, -0.2) is 0 Å². The molecule has 0 radical (unpaired) electrons. The number of nitrogens with one attached hydrogen (secondary N) is 1. The van der Waals surface area contributed by atoms with Crippen molar-refractivity contribution in [2.45, 2.75) is 47.2 Å². The van der Waals surface area contributed by atoms with Gasteiger partial charge in [-0.3, -0.25) is 9.59 Å². The number of carbonyl (C=O) groups is 2. The van der Waals surface area contributed by atoms with Gasteiger partial charge in [0.25, 0.3) is 0 Å². The highest BCUT2D eigenvalue weighted by Crippen LogP contribution is 2.15. The summed E-state index contributed by atoms with van der Waals surface area (Å²) in [6, 6.07) is 6.82. The van der Waals surface area contributed by atoms with Crippen LogP contribution in [0.2, 0.25) is 5.02 Å². The summed E-state index contributed by atoms with van der Waals surface area (Å²) in [5.74, 6) is 0.0492. The zero-order valence-electron chi connectivity index (χ0n) is 14.6. The predicted molar refractivity (Wildman–Crippen MR) is 94.1 cm³/mol. The Kier molecular flexibility index (Phi) is 7.56. The zero-order valence-corrected chi connectivity index (χ0v) is 15.4. The summed E-state index contributed by atoms with van der Waals surface area (Å²) in [4.78, 5) is 26.5. The molecule has 0 spiro atoms. The van der Waals surface area contributed by atoms with E-state index in [1.54, 1.807) is 24.0 Å². The van der Waals surface area contributed by atoms with Gasteiger partial charge in [0.15, 0.2) is 0 Å². The van der Waals surface area contributed by atoms with Crippen LogP contribution in [0.1, 0.15) is 40.2 Å². The molecule has 4 nitrogen and oxygen atoms in total. The van der Waals surface area contributed by atoms with E-state index in [1.807, 2.05) is 39.8 Å². The van der Waals surface area contributed by atoms with E-state index in [0.717, 1.165) is 5.56 Å². The first kappa shape index (κ1) is 19.5. The van der Waals surface area contributed by atoms with Crippen LogP contribution in [0, 0.1) is 11.8 Å². The van der Waals surface area contributed by atoms with Crippen molar-refractivity contribution >= 4 is 23.4 Å². The van der Waals surface area contributed by atoms with E-state index in [9.17, 15) is 9.59 Å². The molecule has 1 atom stereocenters. The molecule has 0 bridgehead atoms. The van der Waals surface area contributed by atoms with Crippen molar-refractivity contribution in [3.63, 3.8) is 0 Å². The Morgan fingerprint density at radius 2 is 1.65 bits per heavy atom. The fraction of sp³-hybridized carbons (Fsp3) is 0.556. The van der Waals surface area contributed by atoms with Gasteiger partial charge in [-0.05, 0) is 30.5 Å². The SMILES string of the molecule is CC(C)CNC(=O)[C@@H](C)N(Cc1ccc(Cl)cc1)C(=O)C(C)C. The lowest BCUT2D eigenvalue weighted by atomic mass is 10.1. The molecule has 0 aliphatic heterocycles. The fourth-order valence-electron chi connectivity index (χ4n) is 2.12. The minimum absolute atomic E-state index is 0.0350. The third kappa shape index (κ3) is 6.22. The molecule has 128 valence electrons. The van der Waals surface area contributed by atoms with Gasteiger partial charge in [-0.15, -0.1) is 0 Å². The van der Waals surface area contributed by atoms with Crippen LogP contribution in [0.25, 0.3) is 0 Å². The third-order valence-electron chi connectivity index (χ3n) is 3.57. The molecule has 23 heavy (non-hydrogen) atoms. The molecule has 2 amide bonds. The average molecular weight is 339 g/mol. The van der Waals surface area contributed by atoms with Crippen LogP contribution >= 0.6 is 11.6 Å². The molecule has 0 aliphatic carbocycles. The van der Waals surface area contributed by atoms with E-state index in [4.69, 9.17) is 11.6 Å². The van der Waals surface area contributed by atoms with Gasteiger partial charge in [-0.1, -0.05) is 51.4 Å². The molecule has 1 aromatic carbocycles. The Morgan fingerprint density at radius 3 is 2.13 bits per heavy atom. The Balaban J connectivity index is 2.89. The maximum Gasteiger partial charge on any atom is 0.242 e. The van der Waals surface area contributed by atoms with E-state index in [0.29, 0.717) is 24.0 Å². The molecule has 0 saturated heterocycles. The minimum Gasteiger partial charge on any atom is -0.354 e. The largest absolute Gasteiger partial charge is 0.354 e. The molecule has 1 N–H and O–H groups in total. The molecule has 1 aromatic rings. The highest BCUT2D eigenvalue weighted by Gasteiger charge is 2.27. The van der Waals surface area contributed by atoms with Crippen molar-refractivity contribution in [2.75, 3.05) is 6.54 Å². The van der Waals surface area contributed by atoms with Gasteiger partial charge in [0.1, 0.15) is 6.04 Å². The summed E-state index contributed by atoms with van der Waals surface area (Å²) >= 11 is 5.90. The molecular formula is C18H27ClN2O2. The summed E-state index contributed by atoms with van der Waals surface area (Å²) in [6.45, 7) is 10.5. The van der Waals surface area contributed by atoms with Crippen LogP contribution in [0.5, 0.6) is 0 Å². The molecule has 0 unspecified atom stereocenters. The van der Waals surface area contributed by atoms with Crippen LogP contribution in [0.3, 0.4) is 0 Å². The second kappa shape index (κ2) is 8.92. The third-order valence-corrected chi connectivity index (χ3v) is 3.83. The Morgan fingerprint density at radius 1 is 1.09 bits per heavy atom. The Hall–Kier alpha value is -1.55. The number of carbonyl (C=O) groups excluding carboxylic acids is 2. The van der Waals surface area contributed by atoms with Crippen molar-refractivity contribution in [1.29, 1.82) is 0 Å². The molecule has 0 aromatic heterocycles. The topological polar surface area (TPSA) is 49.4 Å². The summed E-state index contributed by atoms with van der Waals surface area (Å²) in [7, 11) is 0. The van der Waals surface area contributed by atoms with Crippen molar-refractivity contribution in [3.05, 3.63) is 34.9 Å². The number of nitrogens with zero attached hydrogens (tertiary/aromatic N) is 1. The molecule has 0 heterocycles. The second-order valence-corrected chi connectivity index (χ2v) is 7.00. The van der Waals surface area contributed by atoms with Crippen LogP contribution < -0.4 is 5.32 Å². The number of benzene rings is 1. The molecule has 0 saturated carbocycles. The number of rotatable bonds is 7. The number of hydrogen-bond acceptors (Lipinski definition) is 2. The number of halogens is 1. The monoisotopic (exact) mass is 338 g/mol. The van der Waals surface area contributed by atoms with Crippen LogP contribution in [0.15, 0.2) is 24.3 Å². The first-order valence-corrected chi connectivity index (χ1v) is 8.42. The molecular weight excluding hydrogens is 312 g/mol. The number of hydrogen-bond donors (Lipinski definition) is 1. The average Bonchev–Trinajstić information content (AvgIpc) is 2.50. The van der Waals surface area contributed by atoms with Crippen LogP contribution in [0.4, 0.5) is 0 Å². The van der Waals surface area contributed by atoms with Crippen molar-refractivity contribution in [1.82, 2.24) is 10.2 Å². The highest BCUT2D eigenvalue weighted by atomic mass is 35.5. The minimum atomic E-state index is -0.515. The lowest BCUT2D eigenvalue weighted by Crippen LogP contribution is -2.49. The van der Waals surface area contributed by atoms with E-state index in [1.165, 1.54) is 0 Å². The van der Waals surface area contributed by atoms with Crippen LogP contribution in [-0.2, 0) is 16.1 Å². The summed E-state index contributed by atoms with van der Waals surface area (Å²) < 4.78 is 0. The van der Waals surface area contributed by atoms with E-state index in [-0.39, 0.29) is 17.7 Å². The quantitative estimate of drug-likeness (QED) is 0.827.